The quantitative estimate of drug-likeness (QED) is 0.887. The molecule has 5 nitrogen and oxygen atoms in total. The minimum atomic E-state index is -3.28. The zero-order valence-corrected chi connectivity index (χ0v) is 11.4. The van der Waals surface area contributed by atoms with Gasteiger partial charge < -0.3 is 5.73 Å². The predicted octanol–water partition coefficient (Wildman–Crippen LogP) is 0.811. The van der Waals surface area contributed by atoms with Gasteiger partial charge in [0.2, 0.25) is 10.0 Å². The van der Waals surface area contributed by atoms with E-state index in [0.717, 1.165) is 0 Å². The van der Waals surface area contributed by atoms with Gasteiger partial charge in [0.15, 0.2) is 0 Å². The Bertz CT molecular complexity index is 567. The normalized spacial score (nSPS) is 18.1. The minimum Gasteiger partial charge on any atom is -0.328 e. The molecular weight excluding hydrogens is 262 g/mol. The first-order valence-electron chi connectivity index (χ1n) is 6.24. The summed E-state index contributed by atoms with van der Waals surface area (Å²) < 4.78 is 26.0. The van der Waals surface area contributed by atoms with E-state index in [0.29, 0.717) is 37.1 Å². The molecule has 102 valence electrons. The fraction of sp³-hybridized carbons (Fsp3) is 0.462. The molecule has 2 N–H and O–H groups in total. The van der Waals surface area contributed by atoms with Crippen LogP contribution in [-0.2, 0) is 15.8 Å². The molecule has 1 aliphatic heterocycles. The van der Waals surface area contributed by atoms with Crippen molar-refractivity contribution in [2.24, 2.45) is 5.73 Å². The molecule has 1 aromatic rings. The number of sulfonamides is 1. The van der Waals surface area contributed by atoms with Gasteiger partial charge in [0.25, 0.3) is 0 Å². The van der Waals surface area contributed by atoms with Gasteiger partial charge in [-0.2, -0.15) is 5.26 Å². The number of hydrogen-bond donors (Lipinski definition) is 1. The van der Waals surface area contributed by atoms with Crippen LogP contribution in [-0.4, -0.2) is 31.9 Å². The molecule has 1 aromatic carbocycles. The van der Waals surface area contributed by atoms with Crippen LogP contribution in [0, 0.1) is 11.3 Å². The Kier molecular flexibility index (Phi) is 4.20. The highest BCUT2D eigenvalue weighted by atomic mass is 32.2. The fourth-order valence-corrected chi connectivity index (χ4v) is 3.69. The number of piperidine rings is 1. The van der Waals surface area contributed by atoms with E-state index in [1.54, 1.807) is 24.3 Å². The minimum absolute atomic E-state index is 0.0199. The van der Waals surface area contributed by atoms with E-state index in [-0.39, 0.29) is 11.8 Å². The van der Waals surface area contributed by atoms with E-state index in [1.807, 2.05) is 6.07 Å². The Balaban J connectivity index is 2.06. The molecule has 6 heteroatoms. The summed E-state index contributed by atoms with van der Waals surface area (Å²) in [4.78, 5) is 0. The van der Waals surface area contributed by atoms with Gasteiger partial charge in [-0.05, 0) is 30.5 Å². The van der Waals surface area contributed by atoms with Crippen molar-refractivity contribution in [3.8, 4) is 6.07 Å². The van der Waals surface area contributed by atoms with E-state index < -0.39 is 10.0 Å². The van der Waals surface area contributed by atoms with Gasteiger partial charge in [0, 0.05) is 19.1 Å². The van der Waals surface area contributed by atoms with Gasteiger partial charge in [-0.3, -0.25) is 0 Å². The maximum absolute atomic E-state index is 12.2. The summed E-state index contributed by atoms with van der Waals surface area (Å²) >= 11 is 0. The van der Waals surface area contributed by atoms with Crippen molar-refractivity contribution >= 4 is 10.0 Å². The molecule has 2 rings (SSSR count). The van der Waals surface area contributed by atoms with Crippen LogP contribution < -0.4 is 5.73 Å². The lowest BCUT2D eigenvalue weighted by Crippen LogP contribution is -2.43. The second kappa shape index (κ2) is 5.70. The molecule has 0 bridgehead atoms. The number of nitrogens with zero attached hydrogens (tertiary/aromatic N) is 2. The summed E-state index contributed by atoms with van der Waals surface area (Å²) in [5.74, 6) is -0.0199. The average molecular weight is 279 g/mol. The van der Waals surface area contributed by atoms with Crippen LogP contribution in [0.1, 0.15) is 24.0 Å². The van der Waals surface area contributed by atoms with Gasteiger partial charge in [0.1, 0.15) is 0 Å². The summed E-state index contributed by atoms with van der Waals surface area (Å²) in [7, 11) is -3.28. The van der Waals surface area contributed by atoms with Crippen LogP contribution in [0.2, 0.25) is 0 Å². The second-order valence-corrected chi connectivity index (χ2v) is 6.77. The number of rotatable bonds is 3. The maximum Gasteiger partial charge on any atom is 0.218 e. The average Bonchev–Trinajstić information content (AvgIpc) is 2.40. The highest BCUT2D eigenvalue weighted by Crippen LogP contribution is 2.17. The van der Waals surface area contributed by atoms with Crippen molar-refractivity contribution in [1.82, 2.24) is 4.31 Å². The maximum atomic E-state index is 12.2. The van der Waals surface area contributed by atoms with Crippen molar-refractivity contribution in [2.75, 3.05) is 13.1 Å². The lowest BCUT2D eigenvalue weighted by atomic mass is 10.1. The zero-order valence-electron chi connectivity index (χ0n) is 10.6. The molecule has 0 atom stereocenters. The highest BCUT2D eigenvalue weighted by Gasteiger charge is 2.26. The van der Waals surface area contributed by atoms with Gasteiger partial charge in [0.05, 0.1) is 17.4 Å². The Hall–Kier alpha value is -1.42. The molecule has 0 saturated carbocycles. The lowest BCUT2D eigenvalue weighted by Gasteiger charge is -2.29. The molecule has 1 aliphatic rings. The molecular formula is C13H17N3O2S. The first-order valence-corrected chi connectivity index (χ1v) is 7.84. The van der Waals surface area contributed by atoms with E-state index in [2.05, 4.69) is 0 Å². The highest BCUT2D eigenvalue weighted by molar-refractivity contribution is 7.88. The van der Waals surface area contributed by atoms with Crippen molar-refractivity contribution < 1.29 is 8.42 Å². The predicted molar refractivity (Wildman–Crippen MR) is 72.6 cm³/mol. The summed E-state index contributed by atoms with van der Waals surface area (Å²) in [6.07, 6.45) is 1.43. The summed E-state index contributed by atoms with van der Waals surface area (Å²) in [5, 5.41) is 8.70. The van der Waals surface area contributed by atoms with Gasteiger partial charge in [-0.1, -0.05) is 12.1 Å². The largest absolute Gasteiger partial charge is 0.328 e. The Labute approximate surface area is 113 Å². The number of nitrogens with two attached hydrogens (primary N) is 1. The first-order chi connectivity index (χ1) is 9.01. The third kappa shape index (κ3) is 3.53. The van der Waals surface area contributed by atoms with E-state index in [4.69, 9.17) is 11.0 Å². The molecule has 1 fully saturated rings. The SMILES string of the molecule is N#Cc1ccc(CS(=O)(=O)N2CCC(N)CC2)cc1. The molecule has 1 saturated heterocycles. The van der Waals surface area contributed by atoms with Crippen molar-refractivity contribution in [3.05, 3.63) is 35.4 Å². The zero-order chi connectivity index (χ0) is 13.9. The monoisotopic (exact) mass is 279 g/mol. The Morgan fingerprint density at radius 1 is 1.26 bits per heavy atom. The Morgan fingerprint density at radius 3 is 2.37 bits per heavy atom. The van der Waals surface area contributed by atoms with Gasteiger partial charge in [-0.15, -0.1) is 0 Å². The van der Waals surface area contributed by atoms with Gasteiger partial charge >= 0.3 is 0 Å². The van der Waals surface area contributed by atoms with Crippen LogP contribution >= 0.6 is 0 Å². The summed E-state index contributed by atoms with van der Waals surface area (Å²) in [5.41, 5.74) is 7.01. The fourth-order valence-electron chi connectivity index (χ4n) is 2.13. The molecule has 1 heterocycles. The molecule has 0 unspecified atom stereocenters. The van der Waals surface area contributed by atoms with Crippen LogP contribution in [0.5, 0.6) is 0 Å². The molecule has 19 heavy (non-hydrogen) atoms. The second-order valence-electron chi connectivity index (χ2n) is 4.80. The topological polar surface area (TPSA) is 87.2 Å². The third-order valence-electron chi connectivity index (χ3n) is 3.32. The summed E-state index contributed by atoms with van der Waals surface area (Å²) in [6.45, 7) is 1.000. The molecule has 0 amide bonds. The summed E-state index contributed by atoms with van der Waals surface area (Å²) in [6, 6.07) is 8.77. The van der Waals surface area contributed by atoms with Crippen LogP contribution in [0.15, 0.2) is 24.3 Å². The Morgan fingerprint density at radius 2 is 1.84 bits per heavy atom. The van der Waals surface area contributed by atoms with Crippen molar-refractivity contribution in [3.63, 3.8) is 0 Å². The first kappa shape index (κ1) is 14.0. The third-order valence-corrected chi connectivity index (χ3v) is 5.17. The lowest BCUT2D eigenvalue weighted by molar-refractivity contribution is 0.319. The number of benzene rings is 1. The molecule has 0 aromatic heterocycles. The van der Waals surface area contributed by atoms with Crippen molar-refractivity contribution in [1.29, 1.82) is 5.26 Å². The van der Waals surface area contributed by atoms with Crippen LogP contribution in [0.25, 0.3) is 0 Å². The molecule has 0 aliphatic carbocycles. The van der Waals surface area contributed by atoms with E-state index >= 15 is 0 Å². The molecule has 0 radical (unpaired) electrons. The van der Waals surface area contributed by atoms with Gasteiger partial charge in [-0.25, -0.2) is 12.7 Å². The van der Waals surface area contributed by atoms with E-state index in [1.165, 1.54) is 4.31 Å². The van der Waals surface area contributed by atoms with Crippen molar-refractivity contribution in [2.45, 2.75) is 24.6 Å². The van der Waals surface area contributed by atoms with Crippen LogP contribution in [0.3, 0.4) is 0 Å². The smallest absolute Gasteiger partial charge is 0.218 e. The molecule has 0 spiro atoms. The van der Waals surface area contributed by atoms with E-state index in [9.17, 15) is 8.42 Å². The van der Waals surface area contributed by atoms with Crippen LogP contribution in [0.4, 0.5) is 0 Å². The standard InChI is InChI=1S/C13H17N3O2S/c14-9-11-1-3-12(4-2-11)10-19(17,18)16-7-5-13(15)6-8-16/h1-4,13H,5-8,10,15H2. The number of nitriles is 1. The number of hydrogen-bond acceptors (Lipinski definition) is 4.